The Morgan fingerprint density at radius 2 is 2.12 bits per heavy atom. The first-order valence-corrected chi connectivity index (χ1v) is 5.81. The van der Waals surface area contributed by atoms with E-state index in [4.69, 9.17) is 0 Å². The monoisotopic (exact) mass is 218 g/mol. The van der Waals surface area contributed by atoms with Crippen molar-refractivity contribution in [2.75, 3.05) is 26.2 Å². The van der Waals surface area contributed by atoms with E-state index in [0.29, 0.717) is 12.5 Å². The largest absolute Gasteiger partial charge is 0.340 e. The van der Waals surface area contributed by atoms with Gasteiger partial charge in [-0.2, -0.15) is 0 Å². The van der Waals surface area contributed by atoms with Crippen LogP contribution in [0.3, 0.4) is 0 Å². The van der Waals surface area contributed by atoms with Gasteiger partial charge in [-0.05, 0) is 11.5 Å². The summed E-state index contributed by atoms with van der Waals surface area (Å²) in [6, 6.07) is 10.4. The van der Waals surface area contributed by atoms with Crippen LogP contribution in [0.1, 0.15) is 18.4 Å². The third-order valence-electron chi connectivity index (χ3n) is 3.05. The summed E-state index contributed by atoms with van der Waals surface area (Å²) in [4.78, 5) is 13.6. The molecule has 0 saturated carbocycles. The van der Waals surface area contributed by atoms with Gasteiger partial charge in [0.1, 0.15) is 0 Å². The number of nitrogens with zero attached hydrogens (tertiary/aromatic N) is 1. The smallest absolute Gasteiger partial charge is 0.236 e. The maximum atomic E-state index is 11.6. The minimum atomic E-state index is 0.217. The van der Waals surface area contributed by atoms with Crippen molar-refractivity contribution < 1.29 is 4.79 Å². The van der Waals surface area contributed by atoms with Crippen molar-refractivity contribution in [3.63, 3.8) is 0 Å². The summed E-state index contributed by atoms with van der Waals surface area (Å²) in [7, 11) is 0. The standard InChI is InChI=1S/C13H18N2O/c1-11(12-5-3-2-4-6-12)10-15-8-7-14-9-13(15)16/h2-6,11,14H,7-10H2,1H3. The van der Waals surface area contributed by atoms with Crippen LogP contribution in [0.5, 0.6) is 0 Å². The van der Waals surface area contributed by atoms with Gasteiger partial charge in [0, 0.05) is 19.6 Å². The summed E-state index contributed by atoms with van der Waals surface area (Å²) in [6.07, 6.45) is 0. The molecule has 0 spiro atoms. The molecule has 86 valence electrons. The number of benzene rings is 1. The summed E-state index contributed by atoms with van der Waals surface area (Å²) in [5.41, 5.74) is 1.30. The van der Waals surface area contributed by atoms with Gasteiger partial charge in [-0.25, -0.2) is 0 Å². The van der Waals surface area contributed by atoms with Crippen LogP contribution in [-0.2, 0) is 4.79 Å². The van der Waals surface area contributed by atoms with E-state index in [2.05, 4.69) is 24.4 Å². The van der Waals surface area contributed by atoms with Crippen molar-refractivity contribution in [2.24, 2.45) is 0 Å². The third kappa shape index (κ3) is 2.61. The van der Waals surface area contributed by atoms with Crippen LogP contribution in [0.25, 0.3) is 0 Å². The molecule has 2 rings (SSSR count). The van der Waals surface area contributed by atoms with Crippen LogP contribution in [0.2, 0.25) is 0 Å². The molecular formula is C13H18N2O. The molecule has 1 fully saturated rings. The Balaban J connectivity index is 1.96. The highest BCUT2D eigenvalue weighted by atomic mass is 16.2. The van der Waals surface area contributed by atoms with E-state index < -0.39 is 0 Å². The topological polar surface area (TPSA) is 32.3 Å². The second-order valence-corrected chi connectivity index (χ2v) is 4.33. The molecule has 3 nitrogen and oxygen atoms in total. The average molecular weight is 218 g/mol. The summed E-state index contributed by atoms with van der Waals surface area (Å²) >= 11 is 0. The van der Waals surface area contributed by atoms with Gasteiger partial charge in [-0.3, -0.25) is 4.79 Å². The molecule has 3 heteroatoms. The van der Waals surface area contributed by atoms with Crippen molar-refractivity contribution in [3.05, 3.63) is 35.9 Å². The average Bonchev–Trinajstić information content (AvgIpc) is 2.33. The summed E-state index contributed by atoms with van der Waals surface area (Å²) in [6.45, 7) is 5.22. The zero-order chi connectivity index (χ0) is 11.4. The van der Waals surface area contributed by atoms with E-state index in [0.717, 1.165) is 19.6 Å². The van der Waals surface area contributed by atoms with Crippen molar-refractivity contribution >= 4 is 5.91 Å². The minimum Gasteiger partial charge on any atom is -0.340 e. The second kappa shape index (κ2) is 5.12. The molecule has 1 aromatic rings. The zero-order valence-corrected chi connectivity index (χ0v) is 9.65. The van der Waals surface area contributed by atoms with Gasteiger partial charge in [-0.15, -0.1) is 0 Å². The normalized spacial score (nSPS) is 18.6. The molecule has 0 bridgehead atoms. The zero-order valence-electron chi connectivity index (χ0n) is 9.65. The lowest BCUT2D eigenvalue weighted by atomic mass is 10.0. The SMILES string of the molecule is CC(CN1CCNCC1=O)c1ccccc1. The molecule has 1 saturated heterocycles. The lowest BCUT2D eigenvalue weighted by Gasteiger charge is -2.30. The van der Waals surface area contributed by atoms with Gasteiger partial charge in [-0.1, -0.05) is 37.3 Å². The summed E-state index contributed by atoms with van der Waals surface area (Å²) in [5.74, 6) is 0.622. The van der Waals surface area contributed by atoms with E-state index in [1.165, 1.54) is 5.56 Å². The number of carbonyl (C=O) groups excluding carboxylic acids is 1. The lowest BCUT2D eigenvalue weighted by Crippen LogP contribution is -2.49. The van der Waals surface area contributed by atoms with Crippen LogP contribution in [-0.4, -0.2) is 37.0 Å². The van der Waals surface area contributed by atoms with E-state index in [1.54, 1.807) is 0 Å². The molecule has 1 aromatic carbocycles. The van der Waals surface area contributed by atoms with Crippen LogP contribution in [0.4, 0.5) is 0 Å². The number of hydrogen-bond acceptors (Lipinski definition) is 2. The Bertz CT molecular complexity index is 350. The number of carbonyl (C=O) groups is 1. The summed E-state index contributed by atoms with van der Waals surface area (Å²) < 4.78 is 0. The first-order chi connectivity index (χ1) is 7.77. The molecule has 1 aliphatic rings. The molecule has 16 heavy (non-hydrogen) atoms. The van der Waals surface area contributed by atoms with E-state index >= 15 is 0 Å². The van der Waals surface area contributed by atoms with Crippen LogP contribution in [0.15, 0.2) is 30.3 Å². The third-order valence-corrected chi connectivity index (χ3v) is 3.05. The summed E-state index contributed by atoms with van der Waals surface area (Å²) in [5, 5.41) is 3.09. The maximum Gasteiger partial charge on any atom is 0.236 e. The molecule has 0 aliphatic carbocycles. The van der Waals surface area contributed by atoms with Crippen molar-refractivity contribution in [3.8, 4) is 0 Å². The van der Waals surface area contributed by atoms with Crippen LogP contribution in [0, 0.1) is 0 Å². The highest BCUT2D eigenvalue weighted by molar-refractivity contribution is 5.79. The highest BCUT2D eigenvalue weighted by Gasteiger charge is 2.19. The molecule has 1 aliphatic heterocycles. The Kier molecular flexibility index (Phi) is 3.57. The number of amides is 1. The van der Waals surface area contributed by atoms with Gasteiger partial charge in [0.05, 0.1) is 6.54 Å². The molecular weight excluding hydrogens is 200 g/mol. The minimum absolute atomic E-state index is 0.217. The fraction of sp³-hybridized carbons (Fsp3) is 0.462. The Labute approximate surface area is 96.5 Å². The Hall–Kier alpha value is -1.35. The molecule has 1 unspecified atom stereocenters. The molecule has 1 atom stereocenters. The van der Waals surface area contributed by atoms with Gasteiger partial charge in [0.15, 0.2) is 0 Å². The van der Waals surface area contributed by atoms with Crippen molar-refractivity contribution in [1.29, 1.82) is 0 Å². The molecule has 0 aromatic heterocycles. The molecule has 1 heterocycles. The van der Waals surface area contributed by atoms with Crippen LogP contribution >= 0.6 is 0 Å². The molecule has 1 amide bonds. The van der Waals surface area contributed by atoms with Gasteiger partial charge < -0.3 is 10.2 Å². The highest BCUT2D eigenvalue weighted by Crippen LogP contribution is 2.16. The van der Waals surface area contributed by atoms with Crippen molar-refractivity contribution in [2.45, 2.75) is 12.8 Å². The van der Waals surface area contributed by atoms with Gasteiger partial charge in [0.2, 0.25) is 5.91 Å². The Morgan fingerprint density at radius 1 is 1.38 bits per heavy atom. The fourth-order valence-electron chi connectivity index (χ4n) is 2.06. The predicted molar refractivity (Wildman–Crippen MR) is 64.3 cm³/mol. The van der Waals surface area contributed by atoms with Gasteiger partial charge >= 0.3 is 0 Å². The fourth-order valence-corrected chi connectivity index (χ4v) is 2.06. The first kappa shape index (κ1) is 11.1. The van der Waals surface area contributed by atoms with Crippen LogP contribution < -0.4 is 5.32 Å². The molecule has 1 N–H and O–H groups in total. The second-order valence-electron chi connectivity index (χ2n) is 4.33. The lowest BCUT2D eigenvalue weighted by molar-refractivity contribution is -0.132. The number of nitrogens with one attached hydrogen (secondary N) is 1. The van der Waals surface area contributed by atoms with E-state index in [-0.39, 0.29) is 5.91 Å². The number of piperazine rings is 1. The van der Waals surface area contributed by atoms with Crippen molar-refractivity contribution in [1.82, 2.24) is 10.2 Å². The quantitative estimate of drug-likeness (QED) is 0.827. The number of hydrogen-bond donors (Lipinski definition) is 1. The van der Waals surface area contributed by atoms with E-state index in [9.17, 15) is 4.79 Å². The maximum absolute atomic E-state index is 11.6. The first-order valence-electron chi connectivity index (χ1n) is 5.81. The predicted octanol–water partition coefficient (Wildman–Crippen LogP) is 1.22. The molecule has 0 radical (unpaired) electrons. The van der Waals surface area contributed by atoms with Gasteiger partial charge in [0.25, 0.3) is 0 Å². The Morgan fingerprint density at radius 3 is 2.81 bits per heavy atom. The number of rotatable bonds is 3. The van der Waals surface area contributed by atoms with E-state index in [1.807, 2.05) is 23.1 Å².